The highest BCUT2D eigenvalue weighted by Gasteiger charge is 2.49. The molecule has 1 amide bonds. The van der Waals surface area contributed by atoms with Gasteiger partial charge in [-0.25, -0.2) is 0 Å². The molecule has 0 bridgehead atoms. The van der Waals surface area contributed by atoms with Crippen LogP contribution in [-0.4, -0.2) is 97.3 Å². The molecule has 1 saturated heterocycles. The molecule has 1 unspecified atom stereocenters. The van der Waals surface area contributed by atoms with Gasteiger partial charge in [-0.3, -0.25) is 14.5 Å². The number of H-pyrrole nitrogens is 1. The molecule has 244 valence electrons. The van der Waals surface area contributed by atoms with Crippen molar-refractivity contribution in [2.75, 3.05) is 60.4 Å². The van der Waals surface area contributed by atoms with Crippen LogP contribution in [0.1, 0.15) is 27.0 Å². The lowest BCUT2D eigenvalue weighted by Crippen LogP contribution is -2.68. The third kappa shape index (κ3) is 8.45. The number of alkyl halides is 6. The number of hydrogen-bond donors (Lipinski definition) is 2. The Morgan fingerprint density at radius 2 is 1.59 bits per heavy atom. The van der Waals surface area contributed by atoms with Crippen LogP contribution in [0.2, 0.25) is 0 Å². The summed E-state index contributed by atoms with van der Waals surface area (Å²) in [5.74, 6) is -1.32. The molecule has 1 aliphatic heterocycles. The van der Waals surface area contributed by atoms with Gasteiger partial charge in [0.25, 0.3) is 0 Å². The van der Waals surface area contributed by atoms with Gasteiger partial charge in [0.15, 0.2) is 5.78 Å². The lowest BCUT2D eigenvalue weighted by Gasteiger charge is -2.49. The number of amides is 1. The summed E-state index contributed by atoms with van der Waals surface area (Å²) in [4.78, 5) is 35.8. The third-order valence-electron chi connectivity index (χ3n) is 7.53. The molecule has 7 nitrogen and oxygen atoms in total. The Labute approximate surface area is 263 Å². The molecule has 0 aliphatic carbocycles. The van der Waals surface area contributed by atoms with Crippen LogP contribution in [0.4, 0.5) is 26.3 Å². The number of rotatable bonds is 9. The van der Waals surface area contributed by atoms with Crippen LogP contribution in [0.5, 0.6) is 0 Å². The number of ketones is 1. The van der Waals surface area contributed by atoms with E-state index in [1.807, 2.05) is 37.2 Å². The molecular weight excluding hydrogens is 635 g/mol. The Bertz CT molecular complexity index is 1410. The van der Waals surface area contributed by atoms with Crippen molar-refractivity contribution in [2.24, 2.45) is 0 Å². The van der Waals surface area contributed by atoms with Crippen molar-refractivity contribution < 1.29 is 35.9 Å². The molecule has 2 N–H and O–H groups in total. The van der Waals surface area contributed by atoms with Gasteiger partial charge in [-0.1, -0.05) is 18.2 Å². The number of piperazine rings is 1. The minimum atomic E-state index is -5.12. The Balaban J connectivity index is 0.00000337. The van der Waals surface area contributed by atoms with E-state index < -0.39 is 46.3 Å². The lowest BCUT2D eigenvalue weighted by atomic mass is 9.79. The molecule has 0 saturated carbocycles. The largest absolute Gasteiger partial charge is 0.416 e. The van der Waals surface area contributed by atoms with Gasteiger partial charge >= 0.3 is 12.4 Å². The number of fused-ring (bicyclic) bond motifs is 1. The second-order valence-electron chi connectivity index (χ2n) is 11.0. The maximum absolute atomic E-state index is 14.4. The summed E-state index contributed by atoms with van der Waals surface area (Å²) in [5, 5.41) is 3.54. The number of carbonyl (C=O) groups excluding carboxylic acids is 2. The molecule has 1 atom stereocenters. The van der Waals surface area contributed by atoms with Crippen molar-refractivity contribution in [2.45, 2.75) is 24.3 Å². The fourth-order valence-corrected chi connectivity index (χ4v) is 5.42. The molecular formula is C29H35Cl2F6N5O2. The Morgan fingerprint density at radius 1 is 0.977 bits per heavy atom. The maximum Gasteiger partial charge on any atom is 0.416 e. The van der Waals surface area contributed by atoms with E-state index in [2.05, 4.69) is 10.3 Å². The fourth-order valence-electron chi connectivity index (χ4n) is 5.42. The first-order valence-corrected chi connectivity index (χ1v) is 13.3. The fraction of sp³-hybridized carbons (Fsp3) is 0.448. The van der Waals surface area contributed by atoms with E-state index in [1.165, 1.54) is 0 Å². The predicted octanol–water partition coefficient (Wildman–Crippen LogP) is 5.14. The van der Waals surface area contributed by atoms with Gasteiger partial charge in [-0.2, -0.15) is 26.3 Å². The summed E-state index contributed by atoms with van der Waals surface area (Å²) in [5.41, 5.74) is -4.10. The van der Waals surface area contributed by atoms with Crippen LogP contribution in [0.25, 0.3) is 10.9 Å². The Hall–Kier alpha value is -2.84. The van der Waals surface area contributed by atoms with Gasteiger partial charge in [-0.05, 0) is 51.0 Å². The van der Waals surface area contributed by atoms with Gasteiger partial charge < -0.3 is 20.1 Å². The number of Topliss-reactive ketones (excluding diaryl/α,β-unsaturated/α-hetero) is 1. The number of likely N-dealkylation sites (N-methyl/N-ethyl adjacent to an activating group) is 2. The molecule has 1 aromatic heterocycles. The van der Waals surface area contributed by atoms with Crippen LogP contribution in [0.3, 0.4) is 0 Å². The van der Waals surface area contributed by atoms with Crippen molar-refractivity contribution in [3.8, 4) is 0 Å². The second kappa shape index (κ2) is 14.5. The van der Waals surface area contributed by atoms with Crippen molar-refractivity contribution in [3.05, 3.63) is 70.9 Å². The monoisotopic (exact) mass is 669 g/mol. The summed E-state index contributed by atoms with van der Waals surface area (Å²) in [6.45, 7) is 1.22. The number of hydrogen-bond acceptors (Lipinski definition) is 5. The first-order chi connectivity index (χ1) is 19.6. The van der Waals surface area contributed by atoms with Gasteiger partial charge in [0.1, 0.15) is 5.54 Å². The molecule has 44 heavy (non-hydrogen) atoms. The zero-order valence-corrected chi connectivity index (χ0v) is 25.9. The average molecular weight is 671 g/mol. The molecule has 0 radical (unpaired) electrons. The van der Waals surface area contributed by atoms with E-state index in [1.54, 1.807) is 29.1 Å². The van der Waals surface area contributed by atoms with E-state index >= 15 is 0 Å². The predicted molar refractivity (Wildman–Crippen MR) is 161 cm³/mol. The highest BCUT2D eigenvalue weighted by atomic mass is 35.5. The van der Waals surface area contributed by atoms with Crippen LogP contribution in [0, 0.1) is 0 Å². The summed E-state index contributed by atoms with van der Waals surface area (Å²) < 4.78 is 82.5. The molecule has 0 spiro atoms. The van der Waals surface area contributed by atoms with Crippen molar-refractivity contribution in [1.29, 1.82) is 0 Å². The normalized spacial score (nSPS) is 18.1. The van der Waals surface area contributed by atoms with Crippen molar-refractivity contribution in [3.63, 3.8) is 0 Å². The molecule has 2 heterocycles. The third-order valence-corrected chi connectivity index (χ3v) is 7.53. The maximum atomic E-state index is 14.4. The van der Waals surface area contributed by atoms with Gasteiger partial charge in [0.05, 0.1) is 17.7 Å². The Morgan fingerprint density at radius 3 is 2.18 bits per heavy atom. The van der Waals surface area contributed by atoms with Crippen LogP contribution in [-0.2, 0) is 23.6 Å². The minimum absolute atomic E-state index is 0. The molecule has 1 fully saturated rings. The molecule has 1 aliphatic rings. The van der Waals surface area contributed by atoms with E-state index in [9.17, 15) is 35.9 Å². The van der Waals surface area contributed by atoms with Crippen LogP contribution >= 0.6 is 24.8 Å². The topological polar surface area (TPSA) is 71.7 Å². The second-order valence-corrected chi connectivity index (χ2v) is 11.0. The first kappa shape index (κ1) is 37.3. The summed E-state index contributed by atoms with van der Waals surface area (Å²) in [6.07, 6.45) is -8.61. The van der Waals surface area contributed by atoms with Gasteiger partial charge in [0, 0.05) is 61.8 Å². The number of benzene rings is 2. The smallest absolute Gasteiger partial charge is 0.361 e. The summed E-state index contributed by atoms with van der Waals surface area (Å²) >= 11 is 0. The Kier molecular flexibility index (Phi) is 12.3. The quantitative estimate of drug-likeness (QED) is 0.244. The number of carbonyl (C=O) groups is 2. The van der Waals surface area contributed by atoms with E-state index in [4.69, 9.17) is 0 Å². The first-order valence-electron chi connectivity index (χ1n) is 13.3. The van der Waals surface area contributed by atoms with Crippen molar-refractivity contribution in [1.82, 2.24) is 25.0 Å². The van der Waals surface area contributed by atoms with Crippen LogP contribution in [0.15, 0.2) is 48.7 Å². The highest BCUT2D eigenvalue weighted by molar-refractivity contribution is 6.05. The van der Waals surface area contributed by atoms with Gasteiger partial charge in [0.2, 0.25) is 5.91 Å². The molecule has 2 aromatic carbocycles. The van der Waals surface area contributed by atoms with E-state index in [-0.39, 0.29) is 56.9 Å². The van der Waals surface area contributed by atoms with Crippen molar-refractivity contribution >= 4 is 47.4 Å². The van der Waals surface area contributed by atoms with Gasteiger partial charge in [-0.15, -0.1) is 24.8 Å². The zero-order chi connectivity index (χ0) is 30.9. The number of aromatic amines is 1. The summed E-state index contributed by atoms with van der Waals surface area (Å²) in [7, 11) is 5.39. The number of nitrogens with one attached hydrogen (secondary N) is 2. The minimum Gasteiger partial charge on any atom is -0.361 e. The molecule has 15 heteroatoms. The standard InChI is InChI=1S/C29H33F6N5O2.2ClH/c1-38(2)9-8-36-25(41)17-40-11-10-39(3)18-27(40,15-20-16-37-24-7-5-4-6-23(20)24)26(42)19-12-21(28(30,31)32)14-22(13-19)29(33,34)35;;/h4-7,12-14,16,37H,8-11,15,17-18H2,1-3H3,(H,36,41);2*1H. The number of halogens is 8. The number of aromatic nitrogens is 1. The zero-order valence-electron chi connectivity index (χ0n) is 24.3. The average Bonchev–Trinajstić information content (AvgIpc) is 3.31. The van der Waals surface area contributed by atoms with E-state index in [0.29, 0.717) is 37.3 Å². The summed E-state index contributed by atoms with van der Waals surface area (Å²) in [6, 6.07) is 8.18. The molecule has 4 rings (SSSR count). The SMILES string of the molecule is CN(C)CCNC(=O)CN1CCN(C)CC1(Cc1c[nH]c2ccccc12)C(=O)c1cc(C(F)(F)F)cc(C(F)(F)F)c1.Cl.Cl. The number of nitrogens with zero attached hydrogens (tertiary/aromatic N) is 3. The van der Waals surface area contributed by atoms with Crippen LogP contribution < -0.4 is 5.32 Å². The highest BCUT2D eigenvalue weighted by Crippen LogP contribution is 2.39. The number of para-hydroxylation sites is 1. The van der Waals surface area contributed by atoms with E-state index in [0.717, 1.165) is 10.9 Å². The lowest BCUT2D eigenvalue weighted by molar-refractivity contribution is -0.143. The molecule has 3 aromatic rings.